The molecule has 0 aliphatic carbocycles. The number of rotatable bonds is 6. The van der Waals surface area contributed by atoms with Crippen molar-refractivity contribution in [2.75, 3.05) is 13.6 Å². The van der Waals surface area contributed by atoms with Gasteiger partial charge < -0.3 is 10.3 Å². The van der Waals surface area contributed by atoms with E-state index in [2.05, 4.69) is 83.8 Å². The molecule has 0 amide bonds. The lowest BCUT2D eigenvalue weighted by atomic mass is 10.0. The van der Waals surface area contributed by atoms with Crippen molar-refractivity contribution in [2.24, 2.45) is 0 Å². The fourth-order valence-corrected chi connectivity index (χ4v) is 4.13. The van der Waals surface area contributed by atoms with Gasteiger partial charge in [-0.05, 0) is 24.6 Å². The summed E-state index contributed by atoms with van der Waals surface area (Å²) in [5.74, 6) is 0.659. The van der Waals surface area contributed by atoms with Crippen LogP contribution in [0.3, 0.4) is 0 Å². The molecule has 5 heteroatoms. The third-order valence-electron chi connectivity index (χ3n) is 5.70. The number of hydrogen-bond donors (Lipinski definition) is 2. The van der Waals surface area contributed by atoms with E-state index in [4.69, 9.17) is 4.98 Å². The normalized spacial score (nSPS) is 14.6. The van der Waals surface area contributed by atoms with E-state index < -0.39 is 0 Å². The van der Waals surface area contributed by atoms with E-state index in [1.165, 1.54) is 11.1 Å². The maximum Gasteiger partial charge on any atom is 0.255 e. The lowest BCUT2D eigenvalue weighted by Gasteiger charge is -2.27. The second-order valence-electron chi connectivity index (χ2n) is 7.71. The van der Waals surface area contributed by atoms with Crippen LogP contribution in [0, 0.1) is 0 Å². The van der Waals surface area contributed by atoms with Crippen LogP contribution in [-0.2, 0) is 19.5 Å². The molecular formula is C24H28N4O. The number of aromatic nitrogens is 2. The van der Waals surface area contributed by atoms with Crippen LogP contribution in [-0.4, -0.2) is 28.5 Å². The third kappa shape index (κ3) is 4.31. The molecule has 1 atom stereocenters. The molecule has 0 bridgehead atoms. The van der Waals surface area contributed by atoms with Crippen molar-refractivity contribution in [3.05, 3.63) is 87.3 Å². The van der Waals surface area contributed by atoms with Crippen molar-refractivity contribution >= 4 is 0 Å². The zero-order valence-electron chi connectivity index (χ0n) is 17.1. The molecule has 0 spiro atoms. The van der Waals surface area contributed by atoms with Gasteiger partial charge in [0.05, 0.1) is 11.3 Å². The van der Waals surface area contributed by atoms with Crippen LogP contribution >= 0.6 is 0 Å². The molecule has 0 saturated carbocycles. The molecule has 2 N–H and O–H groups in total. The van der Waals surface area contributed by atoms with Crippen molar-refractivity contribution < 1.29 is 0 Å². The predicted molar refractivity (Wildman–Crippen MR) is 117 cm³/mol. The Morgan fingerprint density at radius 1 is 1.10 bits per heavy atom. The minimum Gasteiger partial charge on any atom is -0.312 e. The molecule has 1 aliphatic rings. The second kappa shape index (κ2) is 8.72. The van der Waals surface area contributed by atoms with Crippen molar-refractivity contribution in [1.82, 2.24) is 20.2 Å². The highest BCUT2D eigenvalue weighted by atomic mass is 16.1. The van der Waals surface area contributed by atoms with Gasteiger partial charge in [-0.3, -0.25) is 9.69 Å². The van der Waals surface area contributed by atoms with Crippen LogP contribution in [0.25, 0.3) is 11.4 Å². The summed E-state index contributed by atoms with van der Waals surface area (Å²) < 4.78 is 0. The lowest BCUT2D eigenvalue weighted by molar-refractivity contribution is 0.230. The minimum absolute atomic E-state index is 0.0327. The first-order valence-electron chi connectivity index (χ1n) is 10.3. The van der Waals surface area contributed by atoms with Gasteiger partial charge >= 0.3 is 0 Å². The van der Waals surface area contributed by atoms with Gasteiger partial charge in [0.15, 0.2) is 0 Å². The quantitative estimate of drug-likeness (QED) is 0.676. The average Bonchev–Trinajstić information content (AvgIpc) is 2.75. The summed E-state index contributed by atoms with van der Waals surface area (Å²) >= 11 is 0. The summed E-state index contributed by atoms with van der Waals surface area (Å²) in [5.41, 5.74) is 5.19. The SMILES string of the molecule is CC[C@@H](c1ccccc1)N(C)Cc1ccc(-c2nc3c(c(=O)[nH]2)CNCC3)cc1. The smallest absolute Gasteiger partial charge is 0.255 e. The van der Waals surface area contributed by atoms with Crippen LogP contribution in [0.15, 0.2) is 59.4 Å². The lowest BCUT2D eigenvalue weighted by Crippen LogP contribution is -2.31. The summed E-state index contributed by atoms with van der Waals surface area (Å²) in [4.78, 5) is 22.4. The number of nitrogens with zero attached hydrogens (tertiary/aromatic N) is 2. The first-order valence-corrected chi connectivity index (χ1v) is 10.3. The Hall–Kier alpha value is -2.76. The van der Waals surface area contributed by atoms with Crippen molar-refractivity contribution in [3.8, 4) is 11.4 Å². The van der Waals surface area contributed by atoms with E-state index >= 15 is 0 Å². The van der Waals surface area contributed by atoms with Gasteiger partial charge in [0.25, 0.3) is 5.56 Å². The van der Waals surface area contributed by atoms with Gasteiger partial charge in [0, 0.05) is 37.7 Å². The summed E-state index contributed by atoms with van der Waals surface area (Å²) in [6.07, 6.45) is 1.86. The van der Waals surface area contributed by atoms with Crippen LogP contribution < -0.4 is 10.9 Å². The number of H-pyrrole nitrogens is 1. The number of hydrogen-bond acceptors (Lipinski definition) is 4. The molecule has 0 saturated heterocycles. The number of nitrogens with one attached hydrogen (secondary N) is 2. The number of fused-ring (bicyclic) bond motifs is 1. The van der Waals surface area contributed by atoms with Crippen molar-refractivity contribution in [1.29, 1.82) is 0 Å². The molecular weight excluding hydrogens is 360 g/mol. The summed E-state index contributed by atoms with van der Waals surface area (Å²) in [7, 11) is 2.17. The molecule has 2 aromatic carbocycles. The predicted octanol–water partition coefficient (Wildman–Crippen LogP) is 3.67. The Morgan fingerprint density at radius 3 is 2.59 bits per heavy atom. The molecule has 150 valence electrons. The Kier molecular flexibility index (Phi) is 5.88. The molecule has 3 aromatic rings. The zero-order chi connectivity index (χ0) is 20.2. The van der Waals surface area contributed by atoms with Crippen molar-refractivity contribution in [2.45, 2.75) is 38.9 Å². The van der Waals surface area contributed by atoms with Gasteiger partial charge in [-0.15, -0.1) is 0 Å². The van der Waals surface area contributed by atoms with E-state index in [1.807, 2.05) is 0 Å². The monoisotopic (exact) mass is 388 g/mol. The molecule has 1 aromatic heterocycles. The Bertz CT molecular complexity index is 1010. The zero-order valence-corrected chi connectivity index (χ0v) is 17.1. The highest BCUT2D eigenvalue weighted by Crippen LogP contribution is 2.25. The van der Waals surface area contributed by atoms with Gasteiger partial charge in [0.1, 0.15) is 5.82 Å². The van der Waals surface area contributed by atoms with Gasteiger partial charge in [0.2, 0.25) is 0 Å². The topological polar surface area (TPSA) is 61.0 Å². The average molecular weight is 389 g/mol. The fourth-order valence-electron chi connectivity index (χ4n) is 4.13. The Labute approximate surface area is 171 Å². The third-order valence-corrected chi connectivity index (χ3v) is 5.70. The molecule has 1 aliphatic heterocycles. The first kappa shape index (κ1) is 19.6. The molecule has 0 radical (unpaired) electrons. The standard InChI is InChI=1S/C24H28N4O/c1-3-22(18-7-5-4-6-8-18)28(2)16-17-9-11-19(12-10-17)23-26-21-13-14-25-15-20(21)24(29)27-23/h4-12,22,25H,3,13-16H2,1-2H3,(H,26,27,29)/t22-/m0/s1. The molecule has 0 unspecified atom stereocenters. The van der Waals surface area contributed by atoms with E-state index in [9.17, 15) is 4.79 Å². The second-order valence-corrected chi connectivity index (χ2v) is 7.71. The van der Waals surface area contributed by atoms with E-state index in [0.29, 0.717) is 18.4 Å². The Morgan fingerprint density at radius 2 is 1.86 bits per heavy atom. The largest absolute Gasteiger partial charge is 0.312 e. The summed E-state index contributed by atoms with van der Waals surface area (Å²) in [6.45, 7) is 4.57. The molecule has 2 heterocycles. The summed E-state index contributed by atoms with van der Waals surface area (Å²) in [5, 5.41) is 3.23. The molecule has 5 nitrogen and oxygen atoms in total. The molecule has 4 rings (SSSR count). The highest BCUT2D eigenvalue weighted by molar-refractivity contribution is 5.55. The minimum atomic E-state index is -0.0327. The number of aromatic amines is 1. The van der Waals surface area contributed by atoms with Gasteiger partial charge in [-0.25, -0.2) is 4.98 Å². The fraction of sp³-hybridized carbons (Fsp3) is 0.333. The maximum atomic E-state index is 12.4. The van der Waals surface area contributed by atoms with Crippen LogP contribution in [0.4, 0.5) is 0 Å². The van der Waals surface area contributed by atoms with Crippen LogP contribution in [0.1, 0.15) is 41.8 Å². The highest BCUT2D eigenvalue weighted by Gasteiger charge is 2.17. The maximum absolute atomic E-state index is 12.4. The van der Waals surface area contributed by atoms with E-state index in [0.717, 1.165) is 42.8 Å². The van der Waals surface area contributed by atoms with Gasteiger partial charge in [-0.1, -0.05) is 61.5 Å². The van der Waals surface area contributed by atoms with Crippen molar-refractivity contribution in [3.63, 3.8) is 0 Å². The summed E-state index contributed by atoms with van der Waals surface area (Å²) in [6, 6.07) is 19.4. The van der Waals surface area contributed by atoms with Crippen LogP contribution in [0.2, 0.25) is 0 Å². The van der Waals surface area contributed by atoms with Gasteiger partial charge in [-0.2, -0.15) is 0 Å². The number of benzene rings is 2. The molecule has 29 heavy (non-hydrogen) atoms. The first-order chi connectivity index (χ1) is 14.2. The van der Waals surface area contributed by atoms with E-state index in [-0.39, 0.29) is 5.56 Å². The van der Waals surface area contributed by atoms with E-state index in [1.54, 1.807) is 0 Å². The molecule has 0 fully saturated rings. The van der Waals surface area contributed by atoms with Crippen LogP contribution in [0.5, 0.6) is 0 Å². The Balaban J connectivity index is 1.51.